The summed E-state index contributed by atoms with van der Waals surface area (Å²) in [4.78, 5) is 41.7. The molecule has 3 aromatic rings. The SMILES string of the molecule is O=C(CCc1nc2ccccc2c(=O)n1C1CC1)NCCNC(=O)Cc1ccccc1. The van der Waals surface area contributed by atoms with Crippen LogP contribution < -0.4 is 16.2 Å². The van der Waals surface area contributed by atoms with Gasteiger partial charge in [0, 0.05) is 32.0 Å². The molecule has 31 heavy (non-hydrogen) atoms. The van der Waals surface area contributed by atoms with Gasteiger partial charge in [0.1, 0.15) is 5.82 Å². The number of nitrogens with one attached hydrogen (secondary N) is 2. The number of para-hydroxylation sites is 1. The first-order valence-electron chi connectivity index (χ1n) is 10.7. The second-order valence-corrected chi connectivity index (χ2v) is 7.81. The number of aromatic nitrogens is 2. The van der Waals surface area contributed by atoms with Gasteiger partial charge >= 0.3 is 0 Å². The van der Waals surface area contributed by atoms with E-state index in [-0.39, 0.29) is 29.8 Å². The summed E-state index contributed by atoms with van der Waals surface area (Å²) in [6.07, 6.45) is 2.92. The van der Waals surface area contributed by atoms with E-state index in [1.165, 1.54) is 0 Å². The van der Waals surface area contributed by atoms with Crippen LogP contribution in [0.25, 0.3) is 10.9 Å². The lowest BCUT2D eigenvalue weighted by molar-refractivity contribution is -0.122. The summed E-state index contributed by atoms with van der Waals surface area (Å²) < 4.78 is 1.76. The van der Waals surface area contributed by atoms with Gasteiger partial charge in [0.15, 0.2) is 0 Å². The monoisotopic (exact) mass is 418 g/mol. The van der Waals surface area contributed by atoms with Gasteiger partial charge in [-0.15, -0.1) is 0 Å². The molecule has 0 radical (unpaired) electrons. The molecule has 0 spiro atoms. The van der Waals surface area contributed by atoms with E-state index in [2.05, 4.69) is 15.6 Å². The Bertz CT molecular complexity index is 1140. The summed E-state index contributed by atoms with van der Waals surface area (Å²) in [5.41, 5.74) is 1.60. The van der Waals surface area contributed by atoms with Crippen LogP contribution in [0, 0.1) is 0 Å². The molecule has 7 heteroatoms. The van der Waals surface area contributed by atoms with Crippen molar-refractivity contribution in [3.05, 3.63) is 76.3 Å². The highest BCUT2D eigenvalue weighted by Gasteiger charge is 2.28. The Balaban J connectivity index is 1.26. The molecule has 7 nitrogen and oxygen atoms in total. The first kappa shape index (κ1) is 20.8. The zero-order valence-electron chi connectivity index (χ0n) is 17.3. The van der Waals surface area contributed by atoms with E-state index in [0.29, 0.717) is 42.7 Å². The van der Waals surface area contributed by atoms with Crippen molar-refractivity contribution in [2.24, 2.45) is 0 Å². The zero-order chi connectivity index (χ0) is 21.6. The first-order valence-corrected chi connectivity index (χ1v) is 10.7. The molecule has 1 fully saturated rings. The highest BCUT2D eigenvalue weighted by atomic mass is 16.2. The van der Waals surface area contributed by atoms with E-state index in [9.17, 15) is 14.4 Å². The fraction of sp³-hybridized carbons (Fsp3) is 0.333. The van der Waals surface area contributed by atoms with Crippen molar-refractivity contribution in [2.75, 3.05) is 13.1 Å². The van der Waals surface area contributed by atoms with E-state index in [1.54, 1.807) is 10.6 Å². The number of carbonyl (C=O) groups is 2. The third-order valence-electron chi connectivity index (χ3n) is 5.35. The number of hydrogen-bond donors (Lipinski definition) is 2. The van der Waals surface area contributed by atoms with Gasteiger partial charge in [-0.05, 0) is 30.5 Å². The molecule has 0 aliphatic heterocycles. The maximum Gasteiger partial charge on any atom is 0.261 e. The third kappa shape index (κ3) is 5.36. The lowest BCUT2D eigenvalue weighted by Crippen LogP contribution is -2.35. The summed E-state index contributed by atoms with van der Waals surface area (Å²) in [6, 6.07) is 17.0. The van der Waals surface area contributed by atoms with Crippen molar-refractivity contribution >= 4 is 22.7 Å². The minimum Gasteiger partial charge on any atom is -0.354 e. The quantitative estimate of drug-likeness (QED) is 0.521. The summed E-state index contributed by atoms with van der Waals surface area (Å²) in [7, 11) is 0. The number of fused-ring (bicyclic) bond motifs is 1. The molecule has 0 bridgehead atoms. The smallest absolute Gasteiger partial charge is 0.261 e. The Labute approximate surface area is 180 Å². The van der Waals surface area contributed by atoms with Gasteiger partial charge in [-0.3, -0.25) is 19.0 Å². The van der Waals surface area contributed by atoms with Crippen molar-refractivity contribution in [1.29, 1.82) is 0 Å². The van der Waals surface area contributed by atoms with Crippen molar-refractivity contribution in [3.8, 4) is 0 Å². The van der Waals surface area contributed by atoms with Crippen LogP contribution in [0.15, 0.2) is 59.4 Å². The van der Waals surface area contributed by atoms with Crippen molar-refractivity contribution in [2.45, 2.75) is 38.1 Å². The molecule has 1 saturated carbocycles. The van der Waals surface area contributed by atoms with Crippen LogP contribution >= 0.6 is 0 Å². The predicted octanol–water partition coefficient (Wildman–Crippen LogP) is 2.14. The Kier molecular flexibility index (Phi) is 6.40. The van der Waals surface area contributed by atoms with Crippen LogP contribution in [0.2, 0.25) is 0 Å². The van der Waals surface area contributed by atoms with Crippen LogP contribution in [0.5, 0.6) is 0 Å². The molecule has 0 unspecified atom stereocenters. The molecule has 1 heterocycles. The number of nitrogens with zero attached hydrogens (tertiary/aromatic N) is 2. The molecule has 0 atom stereocenters. The van der Waals surface area contributed by atoms with Crippen molar-refractivity contribution < 1.29 is 9.59 Å². The van der Waals surface area contributed by atoms with Gasteiger partial charge in [0.2, 0.25) is 11.8 Å². The minimum atomic E-state index is -0.123. The number of benzene rings is 2. The standard InChI is InChI=1S/C24H26N4O3/c29-22(25-14-15-26-23(30)16-17-6-2-1-3-7-17)13-12-21-27-20-9-5-4-8-19(20)24(31)28(21)18-10-11-18/h1-9,18H,10-16H2,(H,25,29)(H,26,30). The lowest BCUT2D eigenvalue weighted by Gasteiger charge is -2.13. The molecule has 2 N–H and O–H groups in total. The van der Waals surface area contributed by atoms with E-state index in [4.69, 9.17) is 0 Å². The Morgan fingerprint density at radius 1 is 0.935 bits per heavy atom. The van der Waals surface area contributed by atoms with Gasteiger partial charge < -0.3 is 10.6 Å². The average Bonchev–Trinajstić information content (AvgIpc) is 3.61. The fourth-order valence-corrected chi connectivity index (χ4v) is 3.64. The summed E-state index contributed by atoms with van der Waals surface area (Å²) in [6.45, 7) is 0.734. The third-order valence-corrected chi connectivity index (χ3v) is 5.35. The second kappa shape index (κ2) is 9.55. The van der Waals surface area contributed by atoms with Crippen molar-refractivity contribution in [3.63, 3.8) is 0 Å². The molecule has 2 amide bonds. The normalized spacial score (nSPS) is 13.2. The molecule has 1 aliphatic rings. The molecule has 4 rings (SSSR count). The summed E-state index contributed by atoms with van der Waals surface area (Å²) >= 11 is 0. The first-order chi connectivity index (χ1) is 15.1. The molecule has 0 saturated heterocycles. The van der Waals surface area contributed by atoms with Crippen LogP contribution in [-0.2, 0) is 22.4 Å². The maximum atomic E-state index is 12.9. The van der Waals surface area contributed by atoms with Crippen molar-refractivity contribution in [1.82, 2.24) is 20.2 Å². The van der Waals surface area contributed by atoms with E-state index >= 15 is 0 Å². The number of aryl methyl sites for hydroxylation is 1. The molecule has 1 aromatic heterocycles. The van der Waals surface area contributed by atoms with Crippen LogP contribution in [0.3, 0.4) is 0 Å². The molecule has 2 aromatic carbocycles. The zero-order valence-corrected chi connectivity index (χ0v) is 17.3. The molecule has 160 valence electrons. The fourth-order valence-electron chi connectivity index (χ4n) is 3.64. The van der Waals surface area contributed by atoms with E-state index < -0.39 is 0 Å². The van der Waals surface area contributed by atoms with Gasteiger partial charge in [-0.1, -0.05) is 42.5 Å². The maximum absolute atomic E-state index is 12.9. The molecule has 1 aliphatic carbocycles. The van der Waals surface area contributed by atoms with E-state index in [1.807, 2.05) is 48.5 Å². The Morgan fingerprint density at radius 2 is 1.61 bits per heavy atom. The highest BCUT2D eigenvalue weighted by molar-refractivity contribution is 5.79. The average molecular weight is 418 g/mol. The predicted molar refractivity (Wildman–Crippen MR) is 119 cm³/mol. The highest BCUT2D eigenvalue weighted by Crippen LogP contribution is 2.34. The number of carbonyl (C=O) groups excluding carboxylic acids is 2. The van der Waals surface area contributed by atoms with Gasteiger partial charge in [-0.2, -0.15) is 0 Å². The lowest BCUT2D eigenvalue weighted by atomic mass is 10.1. The van der Waals surface area contributed by atoms with Crippen LogP contribution in [0.1, 0.15) is 36.7 Å². The topological polar surface area (TPSA) is 93.1 Å². The Hall–Kier alpha value is -3.48. The van der Waals surface area contributed by atoms with Crippen LogP contribution in [-0.4, -0.2) is 34.5 Å². The van der Waals surface area contributed by atoms with Crippen LogP contribution in [0.4, 0.5) is 0 Å². The Morgan fingerprint density at radius 3 is 2.35 bits per heavy atom. The molecular formula is C24H26N4O3. The van der Waals surface area contributed by atoms with Gasteiger partial charge in [0.05, 0.1) is 17.3 Å². The number of amides is 2. The molecular weight excluding hydrogens is 392 g/mol. The summed E-state index contributed by atoms with van der Waals surface area (Å²) in [5.74, 6) is 0.467. The summed E-state index contributed by atoms with van der Waals surface area (Å²) in [5, 5.41) is 6.25. The number of rotatable bonds is 9. The largest absolute Gasteiger partial charge is 0.354 e. The minimum absolute atomic E-state index is 0.0235. The van der Waals surface area contributed by atoms with E-state index in [0.717, 1.165) is 18.4 Å². The number of hydrogen-bond acceptors (Lipinski definition) is 4. The second-order valence-electron chi connectivity index (χ2n) is 7.81. The van der Waals surface area contributed by atoms with Gasteiger partial charge in [-0.25, -0.2) is 4.98 Å². The van der Waals surface area contributed by atoms with Gasteiger partial charge in [0.25, 0.3) is 5.56 Å².